The highest BCUT2D eigenvalue weighted by atomic mass is 35.5. The molecule has 0 saturated heterocycles. The largest absolute Gasteiger partial charge is 0.352 e. The number of thioether (sulfide) groups is 1. The minimum atomic E-state index is -0.669. The van der Waals surface area contributed by atoms with Crippen molar-refractivity contribution < 1.29 is 9.59 Å². The van der Waals surface area contributed by atoms with E-state index >= 15 is 0 Å². The van der Waals surface area contributed by atoms with Crippen LogP contribution < -0.4 is 5.32 Å². The molecule has 0 heterocycles. The van der Waals surface area contributed by atoms with Crippen LogP contribution in [-0.4, -0.2) is 34.6 Å². The van der Waals surface area contributed by atoms with Crippen LogP contribution in [0, 0.1) is 0 Å². The Morgan fingerprint density at radius 1 is 0.944 bits per heavy atom. The first-order chi connectivity index (χ1) is 17.4. The summed E-state index contributed by atoms with van der Waals surface area (Å²) in [5, 5.41) is 4.33. The number of nitrogens with zero attached hydrogens (tertiary/aromatic N) is 1. The van der Waals surface area contributed by atoms with Crippen molar-refractivity contribution >= 4 is 46.8 Å². The second-order valence-electron chi connectivity index (χ2n) is 8.76. The Balaban J connectivity index is 1.86. The summed E-state index contributed by atoms with van der Waals surface area (Å²) in [5.74, 6) is 0.615. The van der Waals surface area contributed by atoms with E-state index in [4.69, 9.17) is 23.2 Å². The van der Waals surface area contributed by atoms with Crippen molar-refractivity contribution in [3.05, 3.63) is 106 Å². The highest BCUT2D eigenvalue weighted by Gasteiger charge is 2.31. The highest BCUT2D eigenvalue weighted by molar-refractivity contribution is 7.99. The van der Waals surface area contributed by atoms with Crippen molar-refractivity contribution in [2.45, 2.75) is 51.1 Å². The van der Waals surface area contributed by atoms with Gasteiger partial charge in [-0.1, -0.05) is 90.8 Å². The van der Waals surface area contributed by atoms with E-state index < -0.39 is 6.04 Å². The lowest BCUT2D eigenvalue weighted by Gasteiger charge is -2.32. The van der Waals surface area contributed by atoms with Gasteiger partial charge in [0, 0.05) is 34.8 Å². The van der Waals surface area contributed by atoms with Gasteiger partial charge in [-0.2, -0.15) is 0 Å². The van der Waals surface area contributed by atoms with Crippen molar-refractivity contribution in [2.24, 2.45) is 0 Å². The van der Waals surface area contributed by atoms with E-state index in [0.29, 0.717) is 22.2 Å². The lowest BCUT2D eigenvalue weighted by molar-refractivity contribution is -0.139. The van der Waals surface area contributed by atoms with Gasteiger partial charge in [-0.3, -0.25) is 9.59 Å². The maximum Gasteiger partial charge on any atom is 0.243 e. The average Bonchev–Trinajstić information content (AvgIpc) is 2.87. The molecule has 0 spiro atoms. The fourth-order valence-electron chi connectivity index (χ4n) is 3.77. The van der Waals surface area contributed by atoms with Gasteiger partial charge < -0.3 is 10.2 Å². The number of benzene rings is 3. The van der Waals surface area contributed by atoms with E-state index in [0.717, 1.165) is 23.1 Å². The van der Waals surface area contributed by atoms with Crippen LogP contribution in [0.4, 0.5) is 0 Å². The second-order valence-corrected chi connectivity index (χ2v) is 10.6. The molecule has 0 fully saturated rings. The van der Waals surface area contributed by atoms with E-state index in [1.807, 2.05) is 86.6 Å². The minimum absolute atomic E-state index is 0.00485. The van der Waals surface area contributed by atoms with Gasteiger partial charge >= 0.3 is 0 Å². The van der Waals surface area contributed by atoms with E-state index in [2.05, 4.69) is 5.32 Å². The number of amides is 2. The second kappa shape index (κ2) is 14.3. The van der Waals surface area contributed by atoms with Crippen molar-refractivity contribution in [3.8, 4) is 0 Å². The molecule has 3 aromatic carbocycles. The summed E-state index contributed by atoms with van der Waals surface area (Å²) >= 11 is 14.1. The predicted molar refractivity (Wildman–Crippen MR) is 151 cm³/mol. The quantitative estimate of drug-likeness (QED) is 0.274. The fraction of sp³-hybridized carbons (Fsp3) is 0.310. The standard InChI is InChI=1S/C29H32Cl2N2O2S/c1-3-21(2)32-29(35)27(17-22-10-5-4-6-11-22)33(18-24-13-7-8-15-26(24)31)28(34)20-36-19-23-12-9-14-25(30)16-23/h4-16,21,27H,3,17-20H2,1-2H3,(H,32,35)/t21-,27-/m0/s1. The topological polar surface area (TPSA) is 49.4 Å². The molecule has 0 aliphatic heterocycles. The molecule has 4 nitrogen and oxygen atoms in total. The highest BCUT2D eigenvalue weighted by Crippen LogP contribution is 2.23. The summed E-state index contributed by atoms with van der Waals surface area (Å²) in [6.07, 6.45) is 1.22. The smallest absolute Gasteiger partial charge is 0.243 e. The van der Waals surface area contributed by atoms with Crippen molar-refractivity contribution in [2.75, 3.05) is 5.75 Å². The number of halogens is 2. The molecule has 0 radical (unpaired) electrons. The molecule has 0 unspecified atom stereocenters. The fourth-order valence-corrected chi connectivity index (χ4v) is 5.04. The Hall–Kier alpha value is -2.47. The molecule has 0 bridgehead atoms. The minimum Gasteiger partial charge on any atom is -0.352 e. The van der Waals surface area contributed by atoms with Gasteiger partial charge in [0.25, 0.3) is 0 Å². The Kier molecular flexibility index (Phi) is 11.2. The van der Waals surface area contributed by atoms with Crippen molar-refractivity contribution in [3.63, 3.8) is 0 Å². The van der Waals surface area contributed by atoms with E-state index in [9.17, 15) is 9.59 Å². The Morgan fingerprint density at radius 2 is 1.64 bits per heavy atom. The molecular weight excluding hydrogens is 511 g/mol. The first-order valence-corrected chi connectivity index (χ1v) is 14.0. The van der Waals surface area contributed by atoms with E-state index in [1.54, 1.807) is 11.0 Å². The summed E-state index contributed by atoms with van der Waals surface area (Å²) in [4.78, 5) is 28.9. The maximum absolute atomic E-state index is 13.7. The average molecular weight is 544 g/mol. The van der Waals surface area contributed by atoms with Gasteiger partial charge in [0.15, 0.2) is 0 Å². The van der Waals surface area contributed by atoms with Crippen LogP contribution in [0.5, 0.6) is 0 Å². The number of carbonyl (C=O) groups excluding carboxylic acids is 2. The molecule has 0 aliphatic rings. The number of nitrogens with one attached hydrogen (secondary N) is 1. The summed E-state index contributed by atoms with van der Waals surface area (Å²) in [6, 6.07) is 24.2. The zero-order valence-electron chi connectivity index (χ0n) is 20.6. The Labute approximate surface area is 228 Å². The Morgan fingerprint density at radius 3 is 2.33 bits per heavy atom. The number of rotatable bonds is 12. The molecule has 3 aromatic rings. The third-order valence-electron chi connectivity index (χ3n) is 5.95. The molecule has 2 atom stereocenters. The maximum atomic E-state index is 13.7. The molecule has 0 aliphatic carbocycles. The van der Waals surface area contributed by atoms with Crippen LogP contribution in [0.15, 0.2) is 78.9 Å². The van der Waals surface area contributed by atoms with Gasteiger partial charge in [-0.05, 0) is 48.2 Å². The molecule has 2 amide bonds. The van der Waals surface area contributed by atoms with Gasteiger partial charge in [0.05, 0.1) is 5.75 Å². The van der Waals surface area contributed by atoms with Crippen LogP contribution in [0.2, 0.25) is 10.0 Å². The van der Waals surface area contributed by atoms with Gasteiger partial charge in [-0.25, -0.2) is 0 Å². The molecule has 190 valence electrons. The van der Waals surface area contributed by atoms with Crippen LogP contribution in [0.25, 0.3) is 0 Å². The molecule has 36 heavy (non-hydrogen) atoms. The van der Waals surface area contributed by atoms with Crippen LogP contribution in [-0.2, 0) is 28.3 Å². The number of hydrogen-bond donors (Lipinski definition) is 1. The summed E-state index contributed by atoms with van der Waals surface area (Å²) in [5.41, 5.74) is 2.85. The van der Waals surface area contributed by atoms with E-state index in [-0.39, 0.29) is 30.2 Å². The molecule has 7 heteroatoms. The lowest BCUT2D eigenvalue weighted by Crippen LogP contribution is -2.52. The lowest BCUT2D eigenvalue weighted by atomic mass is 10.0. The number of hydrogen-bond acceptors (Lipinski definition) is 3. The summed E-state index contributed by atoms with van der Waals surface area (Å²) < 4.78 is 0. The Bertz CT molecular complexity index is 1140. The molecule has 0 saturated carbocycles. The first kappa shape index (κ1) is 28.1. The monoisotopic (exact) mass is 542 g/mol. The number of carbonyl (C=O) groups is 2. The SMILES string of the molecule is CC[C@H](C)NC(=O)[C@H](Cc1ccccc1)N(Cc1ccccc1Cl)C(=O)CSCc1cccc(Cl)c1. The van der Waals surface area contributed by atoms with Gasteiger partial charge in [0.2, 0.25) is 11.8 Å². The van der Waals surface area contributed by atoms with Gasteiger partial charge in [0.1, 0.15) is 6.04 Å². The molecule has 1 N–H and O–H groups in total. The zero-order valence-corrected chi connectivity index (χ0v) is 23.0. The third-order valence-corrected chi connectivity index (χ3v) is 7.55. The first-order valence-electron chi connectivity index (χ1n) is 12.1. The predicted octanol–water partition coefficient (Wildman–Crippen LogP) is 6.78. The zero-order chi connectivity index (χ0) is 25.9. The normalized spacial score (nSPS) is 12.6. The van der Waals surface area contributed by atoms with Crippen LogP contribution >= 0.6 is 35.0 Å². The van der Waals surface area contributed by atoms with Crippen molar-refractivity contribution in [1.82, 2.24) is 10.2 Å². The molecule has 3 rings (SSSR count). The van der Waals surface area contributed by atoms with Crippen LogP contribution in [0.1, 0.15) is 37.0 Å². The van der Waals surface area contributed by atoms with Crippen LogP contribution in [0.3, 0.4) is 0 Å². The molecule has 0 aromatic heterocycles. The van der Waals surface area contributed by atoms with E-state index in [1.165, 1.54) is 11.8 Å². The molecular formula is C29H32Cl2N2O2S. The van der Waals surface area contributed by atoms with Gasteiger partial charge in [-0.15, -0.1) is 11.8 Å². The third kappa shape index (κ3) is 8.58. The summed E-state index contributed by atoms with van der Waals surface area (Å²) in [7, 11) is 0. The summed E-state index contributed by atoms with van der Waals surface area (Å²) in [6.45, 7) is 4.25. The van der Waals surface area contributed by atoms with Crippen molar-refractivity contribution in [1.29, 1.82) is 0 Å².